The van der Waals surface area contributed by atoms with Gasteiger partial charge in [0.2, 0.25) is 0 Å². The van der Waals surface area contributed by atoms with Gasteiger partial charge in [0.1, 0.15) is 0 Å². The number of fused-ring (bicyclic) bond motifs is 1. The number of rotatable bonds is 2. The zero-order chi connectivity index (χ0) is 13.6. The Balaban J connectivity index is 2.06. The maximum Gasteiger partial charge on any atom is 0.0149 e. The van der Waals surface area contributed by atoms with Gasteiger partial charge in [-0.2, -0.15) is 0 Å². The van der Waals surface area contributed by atoms with E-state index in [0.717, 1.165) is 11.8 Å². The topological polar surface area (TPSA) is 0 Å². The van der Waals surface area contributed by atoms with Crippen molar-refractivity contribution in [1.29, 1.82) is 0 Å². The van der Waals surface area contributed by atoms with Crippen molar-refractivity contribution in [3.63, 3.8) is 0 Å². The zero-order valence-electron chi connectivity index (χ0n) is 12.4. The van der Waals surface area contributed by atoms with Gasteiger partial charge in [-0.3, -0.25) is 0 Å². The van der Waals surface area contributed by atoms with Gasteiger partial charge in [-0.1, -0.05) is 62.8 Å². The van der Waals surface area contributed by atoms with Crippen LogP contribution in [-0.4, -0.2) is 0 Å². The molecule has 0 heterocycles. The third-order valence-electron chi connectivity index (χ3n) is 5.15. The van der Waals surface area contributed by atoms with Gasteiger partial charge in [-0.05, 0) is 42.6 Å². The highest BCUT2D eigenvalue weighted by Gasteiger charge is 2.57. The van der Waals surface area contributed by atoms with Crippen molar-refractivity contribution in [3.05, 3.63) is 59.9 Å². The van der Waals surface area contributed by atoms with Gasteiger partial charge in [0.25, 0.3) is 0 Å². The van der Waals surface area contributed by atoms with Gasteiger partial charge >= 0.3 is 0 Å². The molecule has 2 saturated carbocycles. The summed E-state index contributed by atoms with van der Waals surface area (Å²) in [4.78, 5) is 0. The molecule has 0 bridgehead atoms. The summed E-state index contributed by atoms with van der Waals surface area (Å²) in [6.45, 7) is 11.3. The van der Waals surface area contributed by atoms with E-state index in [4.69, 9.17) is 0 Å². The minimum atomic E-state index is 0.183. The average molecular weight is 252 g/mol. The third kappa shape index (κ3) is 1.88. The third-order valence-corrected chi connectivity index (χ3v) is 5.15. The molecular formula is C19H24. The monoisotopic (exact) mass is 252 g/mol. The summed E-state index contributed by atoms with van der Waals surface area (Å²) in [6, 6.07) is 11.0. The van der Waals surface area contributed by atoms with Gasteiger partial charge in [-0.15, -0.1) is 0 Å². The van der Waals surface area contributed by atoms with Crippen LogP contribution in [0.3, 0.4) is 0 Å². The summed E-state index contributed by atoms with van der Waals surface area (Å²) in [5, 5.41) is 0. The van der Waals surface area contributed by atoms with Crippen LogP contribution in [0.1, 0.15) is 45.6 Å². The molecule has 1 aromatic carbocycles. The van der Waals surface area contributed by atoms with Crippen LogP contribution >= 0.6 is 0 Å². The molecule has 2 unspecified atom stereocenters. The van der Waals surface area contributed by atoms with E-state index in [1.54, 1.807) is 11.8 Å². The Kier molecular flexibility index (Phi) is 3.08. The summed E-state index contributed by atoms with van der Waals surface area (Å²) in [7, 11) is 0. The SMILES string of the molecule is C=C(C)[C]1C2CCCC2[C](c2ccccc2)C1(C)C. The first-order valence-electron chi connectivity index (χ1n) is 7.49. The van der Waals surface area contributed by atoms with Crippen molar-refractivity contribution in [2.24, 2.45) is 17.3 Å². The Morgan fingerprint density at radius 2 is 1.74 bits per heavy atom. The smallest absolute Gasteiger partial charge is 0.0149 e. The molecule has 0 N–H and O–H groups in total. The summed E-state index contributed by atoms with van der Waals surface area (Å²) < 4.78 is 0. The van der Waals surface area contributed by atoms with Crippen LogP contribution in [0.15, 0.2) is 42.5 Å². The fourth-order valence-electron chi connectivity index (χ4n) is 4.77. The predicted octanol–water partition coefficient (Wildman–Crippen LogP) is 5.22. The molecular weight excluding hydrogens is 228 g/mol. The highest BCUT2D eigenvalue weighted by molar-refractivity contribution is 5.50. The van der Waals surface area contributed by atoms with E-state index in [0.29, 0.717) is 0 Å². The second kappa shape index (κ2) is 4.51. The first-order valence-corrected chi connectivity index (χ1v) is 7.49. The maximum absolute atomic E-state index is 4.27. The molecule has 0 saturated heterocycles. The Morgan fingerprint density at radius 3 is 2.37 bits per heavy atom. The lowest BCUT2D eigenvalue weighted by Crippen LogP contribution is -2.26. The first-order chi connectivity index (χ1) is 9.03. The van der Waals surface area contributed by atoms with E-state index in [1.165, 1.54) is 30.4 Å². The van der Waals surface area contributed by atoms with Crippen molar-refractivity contribution in [3.8, 4) is 0 Å². The molecule has 2 fully saturated rings. The molecule has 2 radical (unpaired) electrons. The predicted molar refractivity (Wildman–Crippen MR) is 81.5 cm³/mol. The van der Waals surface area contributed by atoms with Crippen molar-refractivity contribution in [2.45, 2.75) is 40.0 Å². The molecule has 2 atom stereocenters. The second-order valence-corrected chi connectivity index (χ2v) is 6.74. The standard InChI is InChI=1S/C19H24/c1-13(2)17-15-11-8-12-16(15)18(19(17,3)4)14-9-6-5-7-10-14/h5-7,9-10,15-16H,1,8,11-12H2,2-4H3. The average Bonchev–Trinajstić information content (AvgIpc) is 2.85. The number of allylic oxidation sites excluding steroid dienone is 1. The summed E-state index contributed by atoms with van der Waals surface area (Å²) in [5.74, 6) is 4.79. The van der Waals surface area contributed by atoms with Gasteiger partial charge in [0.05, 0.1) is 0 Å². The summed E-state index contributed by atoms with van der Waals surface area (Å²) >= 11 is 0. The zero-order valence-corrected chi connectivity index (χ0v) is 12.4. The van der Waals surface area contributed by atoms with E-state index in [9.17, 15) is 0 Å². The van der Waals surface area contributed by atoms with Crippen LogP contribution in [0.5, 0.6) is 0 Å². The van der Waals surface area contributed by atoms with Gasteiger partial charge < -0.3 is 0 Å². The number of hydrogen-bond acceptors (Lipinski definition) is 0. The number of benzene rings is 1. The van der Waals surface area contributed by atoms with E-state index in [-0.39, 0.29) is 5.41 Å². The quantitative estimate of drug-likeness (QED) is 0.677. The van der Waals surface area contributed by atoms with Gasteiger partial charge in [0, 0.05) is 11.8 Å². The molecule has 2 aliphatic carbocycles. The van der Waals surface area contributed by atoms with E-state index in [2.05, 4.69) is 57.7 Å². The Hall–Kier alpha value is -1.04. The summed E-state index contributed by atoms with van der Waals surface area (Å²) in [6.07, 6.45) is 4.08. The molecule has 0 heteroatoms. The van der Waals surface area contributed by atoms with Crippen LogP contribution in [0.2, 0.25) is 0 Å². The molecule has 19 heavy (non-hydrogen) atoms. The van der Waals surface area contributed by atoms with Crippen molar-refractivity contribution < 1.29 is 0 Å². The molecule has 0 aromatic heterocycles. The van der Waals surface area contributed by atoms with Crippen molar-refractivity contribution in [2.75, 3.05) is 0 Å². The fraction of sp³-hybridized carbons (Fsp3) is 0.474. The fourth-order valence-corrected chi connectivity index (χ4v) is 4.77. The molecule has 0 amide bonds. The van der Waals surface area contributed by atoms with Crippen LogP contribution in [0, 0.1) is 29.1 Å². The van der Waals surface area contributed by atoms with Crippen LogP contribution in [0.25, 0.3) is 0 Å². The van der Waals surface area contributed by atoms with Crippen LogP contribution in [-0.2, 0) is 0 Å². The minimum Gasteiger partial charge on any atom is -0.0995 e. The second-order valence-electron chi connectivity index (χ2n) is 6.74. The molecule has 3 rings (SSSR count). The molecule has 0 nitrogen and oxygen atoms in total. The molecule has 0 aliphatic heterocycles. The Morgan fingerprint density at radius 1 is 1.11 bits per heavy atom. The molecule has 100 valence electrons. The largest absolute Gasteiger partial charge is 0.0995 e. The van der Waals surface area contributed by atoms with Crippen molar-refractivity contribution >= 4 is 0 Å². The van der Waals surface area contributed by atoms with Crippen molar-refractivity contribution in [1.82, 2.24) is 0 Å². The van der Waals surface area contributed by atoms with E-state index >= 15 is 0 Å². The minimum absolute atomic E-state index is 0.183. The van der Waals surface area contributed by atoms with Crippen LogP contribution in [0.4, 0.5) is 0 Å². The normalized spacial score (nSPS) is 30.5. The summed E-state index contributed by atoms with van der Waals surface area (Å²) in [5.41, 5.74) is 2.93. The Bertz CT molecular complexity index is 468. The highest BCUT2D eigenvalue weighted by atomic mass is 14.6. The van der Waals surface area contributed by atoms with E-state index < -0.39 is 0 Å². The lowest BCUT2D eigenvalue weighted by molar-refractivity contribution is 0.434. The first kappa shape index (κ1) is 13.0. The highest BCUT2D eigenvalue weighted by Crippen LogP contribution is 2.65. The number of hydrogen-bond donors (Lipinski definition) is 0. The maximum atomic E-state index is 4.27. The molecule has 1 aromatic rings. The van der Waals surface area contributed by atoms with Gasteiger partial charge in [-0.25, -0.2) is 0 Å². The lowest BCUT2D eigenvalue weighted by atomic mass is 9.68. The van der Waals surface area contributed by atoms with Gasteiger partial charge in [0.15, 0.2) is 0 Å². The van der Waals surface area contributed by atoms with Crippen LogP contribution < -0.4 is 0 Å². The molecule has 0 spiro atoms. The Labute approximate surface area is 117 Å². The van der Waals surface area contributed by atoms with E-state index in [1.807, 2.05) is 0 Å². The lowest BCUT2D eigenvalue weighted by Gasteiger charge is -2.35. The molecule has 2 aliphatic rings.